The molecule has 0 rings (SSSR count). The predicted molar refractivity (Wildman–Crippen MR) is 42.3 cm³/mol. The lowest BCUT2D eigenvalue weighted by atomic mass is 10.1. The Bertz CT molecular complexity index is 92.7. The van der Waals surface area contributed by atoms with E-state index < -0.39 is 0 Å². The molecule has 1 heteroatoms. The van der Waals surface area contributed by atoms with Gasteiger partial charge < -0.3 is 5.73 Å². The van der Waals surface area contributed by atoms with Crippen molar-refractivity contribution in [2.45, 2.75) is 39.7 Å². The summed E-state index contributed by atoms with van der Waals surface area (Å²) < 4.78 is 0. The monoisotopic (exact) mass is 127 g/mol. The van der Waals surface area contributed by atoms with Crippen molar-refractivity contribution in [1.29, 1.82) is 0 Å². The lowest BCUT2D eigenvalue weighted by Crippen LogP contribution is -2.11. The number of hydrogen-bond donors (Lipinski definition) is 1. The Hall–Kier alpha value is -0.300. The van der Waals surface area contributed by atoms with Gasteiger partial charge in [-0.05, 0) is 20.3 Å². The molecule has 0 aromatic heterocycles. The van der Waals surface area contributed by atoms with E-state index in [1.165, 1.54) is 18.4 Å². The molecule has 0 bridgehead atoms. The molecule has 0 spiro atoms. The van der Waals surface area contributed by atoms with E-state index in [0.29, 0.717) is 0 Å². The number of rotatable bonds is 3. The van der Waals surface area contributed by atoms with Crippen LogP contribution in [0.5, 0.6) is 0 Å². The van der Waals surface area contributed by atoms with Crippen LogP contribution in [-0.4, -0.2) is 6.04 Å². The van der Waals surface area contributed by atoms with E-state index in [9.17, 15) is 0 Å². The van der Waals surface area contributed by atoms with Crippen LogP contribution in [0, 0.1) is 0 Å². The molecule has 0 aromatic rings. The molecule has 1 atom stereocenters. The van der Waals surface area contributed by atoms with Gasteiger partial charge in [0, 0.05) is 6.04 Å². The molecule has 0 saturated carbocycles. The SMILES string of the molecule is CCC/C(C)=C/C(C)N. The second-order valence-electron chi connectivity index (χ2n) is 2.62. The maximum absolute atomic E-state index is 5.55. The minimum atomic E-state index is 0.219. The summed E-state index contributed by atoms with van der Waals surface area (Å²) in [5.41, 5.74) is 6.96. The first-order chi connectivity index (χ1) is 4.16. The third kappa shape index (κ3) is 5.57. The maximum Gasteiger partial charge on any atom is 0.0197 e. The zero-order chi connectivity index (χ0) is 7.28. The molecule has 0 heterocycles. The fraction of sp³-hybridized carbons (Fsp3) is 0.750. The fourth-order valence-corrected chi connectivity index (χ4v) is 0.926. The highest BCUT2D eigenvalue weighted by molar-refractivity contribution is 5.01. The summed E-state index contributed by atoms with van der Waals surface area (Å²) in [6, 6.07) is 0.219. The summed E-state index contributed by atoms with van der Waals surface area (Å²) in [5.74, 6) is 0. The Balaban J connectivity index is 3.55. The van der Waals surface area contributed by atoms with Crippen molar-refractivity contribution in [3.63, 3.8) is 0 Å². The van der Waals surface area contributed by atoms with Gasteiger partial charge in [-0.15, -0.1) is 0 Å². The second kappa shape index (κ2) is 4.57. The molecule has 0 radical (unpaired) electrons. The van der Waals surface area contributed by atoms with Gasteiger partial charge in [-0.25, -0.2) is 0 Å². The molecular formula is C8H17N. The molecule has 0 aliphatic rings. The van der Waals surface area contributed by atoms with Crippen molar-refractivity contribution in [3.05, 3.63) is 11.6 Å². The van der Waals surface area contributed by atoms with Gasteiger partial charge >= 0.3 is 0 Å². The minimum Gasteiger partial charge on any atom is -0.325 e. The molecule has 0 saturated heterocycles. The summed E-state index contributed by atoms with van der Waals surface area (Å²) in [4.78, 5) is 0. The van der Waals surface area contributed by atoms with E-state index in [-0.39, 0.29) is 6.04 Å². The van der Waals surface area contributed by atoms with Gasteiger partial charge in [-0.2, -0.15) is 0 Å². The van der Waals surface area contributed by atoms with E-state index in [4.69, 9.17) is 5.73 Å². The van der Waals surface area contributed by atoms with Crippen LogP contribution in [0.15, 0.2) is 11.6 Å². The Morgan fingerprint density at radius 1 is 1.67 bits per heavy atom. The fourth-order valence-electron chi connectivity index (χ4n) is 0.926. The summed E-state index contributed by atoms with van der Waals surface area (Å²) in [7, 11) is 0. The Kier molecular flexibility index (Phi) is 4.41. The highest BCUT2D eigenvalue weighted by Gasteiger charge is 1.88. The largest absolute Gasteiger partial charge is 0.325 e. The summed E-state index contributed by atoms with van der Waals surface area (Å²) in [6.45, 7) is 6.31. The molecule has 2 N–H and O–H groups in total. The van der Waals surface area contributed by atoms with E-state index in [2.05, 4.69) is 19.9 Å². The third-order valence-electron chi connectivity index (χ3n) is 1.19. The molecule has 1 nitrogen and oxygen atoms in total. The van der Waals surface area contributed by atoms with Gasteiger partial charge in [0.15, 0.2) is 0 Å². The smallest absolute Gasteiger partial charge is 0.0197 e. The van der Waals surface area contributed by atoms with Crippen LogP contribution in [-0.2, 0) is 0 Å². The predicted octanol–water partition coefficient (Wildman–Crippen LogP) is 2.08. The molecule has 0 fully saturated rings. The van der Waals surface area contributed by atoms with Crippen molar-refractivity contribution >= 4 is 0 Å². The zero-order valence-corrected chi connectivity index (χ0v) is 6.65. The lowest BCUT2D eigenvalue weighted by Gasteiger charge is -1.99. The molecule has 0 aliphatic carbocycles. The van der Waals surface area contributed by atoms with Crippen LogP contribution < -0.4 is 5.73 Å². The highest BCUT2D eigenvalue weighted by atomic mass is 14.6. The van der Waals surface area contributed by atoms with Crippen LogP contribution in [0.2, 0.25) is 0 Å². The standard InChI is InChI=1S/C8H17N/c1-4-5-7(2)6-8(3)9/h6,8H,4-5,9H2,1-3H3/b7-6+. The molecular weight excluding hydrogens is 110 g/mol. The van der Waals surface area contributed by atoms with Crippen LogP contribution in [0.4, 0.5) is 0 Å². The van der Waals surface area contributed by atoms with E-state index in [1.807, 2.05) is 6.92 Å². The van der Waals surface area contributed by atoms with Crippen molar-refractivity contribution in [3.8, 4) is 0 Å². The average Bonchev–Trinajstić information content (AvgIpc) is 1.63. The highest BCUT2D eigenvalue weighted by Crippen LogP contribution is 2.02. The maximum atomic E-state index is 5.55. The number of allylic oxidation sites excluding steroid dienone is 1. The summed E-state index contributed by atoms with van der Waals surface area (Å²) in [5, 5.41) is 0. The second-order valence-corrected chi connectivity index (χ2v) is 2.62. The van der Waals surface area contributed by atoms with E-state index in [0.717, 1.165) is 0 Å². The third-order valence-corrected chi connectivity index (χ3v) is 1.19. The first-order valence-electron chi connectivity index (χ1n) is 3.59. The zero-order valence-electron chi connectivity index (χ0n) is 6.65. The lowest BCUT2D eigenvalue weighted by molar-refractivity contribution is 0.858. The van der Waals surface area contributed by atoms with E-state index in [1.54, 1.807) is 0 Å². The molecule has 1 unspecified atom stereocenters. The van der Waals surface area contributed by atoms with Gasteiger partial charge in [0.25, 0.3) is 0 Å². The number of nitrogens with two attached hydrogens (primary N) is 1. The first-order valence-corrected chi connectivity index (χ1v) is 3.59. The van der Waals surface area contributed by atoms with Crippen LogP contribution in [0.25, 0.3) is 0 Å². The van der Waals surface area contributed by atoms with Crippen molar-refractivity contribution in [2.24, 2.45) is 5.73 Å². The van der Waals surface area contributed by atoms with Crippen LogP contribution in [0.1, 0.15) is 33.6 Å². The Morgan fingerprint density at radius 2 is 2.22 bits per heavy atom. The van der Waals surface area contributed by atoms with E-state index >= 15 is 0 Å². The van der Waals surface area contributed by atoms with Gasteiger partial charge in [0.1, 0.15) is 0 Å². The van der Waals surface area contributed by atoms with Crippen molar-refractivity contribution < 1.29 is 0 Å². The molecule has 0 aromatic carbocycles. The number of hydrogen-bond acceptors (Lipinski definition) is 1. The quantitative estimate of drug-likeness (QED) is 0.577. The van der Waals surface area contributed by atoms with Crippen LogP contribution >= 0.6 is 0 Å². The first kappa shape index (κ1) is 8.70. The van der Waals surface area contributed by atoms with Gasteiger partial charge in [-0.3, -0.25) is 0 Å². The summed E-state index contributed by atoms with van der Waals surface area (Å²) in [6.07, 6.45) is 4.51. The molecule has 0 aliphatic heterocycles. The minimum absolute atomic E-state index is 0.219. The van der Waals surface area contributed by atoms with Gasteiger partial charge in [0.2, 0.25) is 0 Å². The average molecular weight is 127 g/mol. The van der Waals surface area contributed by atoms with Gasteiger partial charge in [-0.1, -0.05) is 25.0 Å². The molecule has 9 heavy (non-hydrogen) atoms. The summed E-state index contributed by atoms with van der Waals surface area (Å²) >= 11 is 0. The van der Waals surface area contributed by atoms with Crippen molar-refractivity contribution in [1.82, 2.24) is 0 Å². The molecule has 54 valence electrons. The topological polar surface area (TPSA) is 26.0 Å². The van der Waals surface area contributed by atoms with Crippen molar-refractivity contribution in [2.75, 3.05) is 0 Å². The molecule has 0 amide bonds. The van der Waals surface area contributed by atoms with Crippen LogP contribution in [0.3, 0.4) is 0 Å². The Labute approximate surface area is 57.9 Å². The Morgan fingerprint density at radius 3 is 2.56 bits per heavy atom. The van der Waals surface area contributed by atoms with Gasteiger partial charge in [0.05, 0.1) is 0 Å². The normalized spacial score (nSPS) is 15.8.